The quantitative estimate of drug-likeness (QED) is 0.698. The second kappa shape index (κ2) is 4.15. The standard InChI is InChI=1S/C15H12ClF/c16-14-9-11(10-5-6-10)7-8-12(14)13-3-1-2-4-15(13)17/h1-4,7-10H,5-6H2. The van der Waals surface area contributed by atoms with Crippen molar-refractivity contribution in [3.8, 4) is 11.1 Å². The molecule has 1 aliphatic rings. The Morgan fingerprint density at radius 2 is 1.76 bits per heavy atom. The van der Waals surface area contributed by atoms with Gasteiger partial charge in [-0.3, -0.25) is 0 Å². The molecule has 0 unspecified atom stereocenters. The SMILES string of the molecule is Fc1ccccc1-c1ccc(C2CC2)cc1Cl. The highest BCUT2D eigenvalue weighted by atomic mass is 35.5. The third-order valence-electron chi connectivity index (χ3n) is 3.21. The lowest BCUT2D eigenvalue weighted by Gasteiger charge is -2.07. The van der Waals surface area contributed by atoms with Gasteiger partial charge in [-0.15, -0.1) is 0 Å². The van der Waals surface area contributed by atoms with Gasteiger partial charge in [0.25, 0.3) is 0 Å². The van der Waals surface area contributed by atoms with Gasteiger partial charge >= 0.3 is 0 Å². The summed E-state index contributed by atoms with van der Waals surface area (Å²) in [6.07, 6.45) is 2.49. The summed E-state index contributed by atoms with van der Waals surface area (Å²) in [4.78, 5) is 0. The molecule has 0 radical (unpaired) electrons. The summed E-state index contributed by atoms with van der Waals surface area (Å²) in [5, 5.41) is 0.638. The Hall–Kier alpha value is -1.34. The largest absolute Gasteiger partial charge is 0.206 e. The van der Waals surface area contributed by atoms with Gasteiger partial charge in [-0.2, -0.15) is 0 Å². The Kier molecular flexibility index (Phi) is 2.64. The van der Waals surface area contributed by atoms with E-state index < -0.39 is 0 Å². The van der Waals surface area contributed by atoms with Crippen LogP contribution in [0.3, 0.4) is 0 Å². The molecule has 0 saturated heterocycles. The fourth-order valence-electron chi connectivity index (χ4n) is 2.10. The Balaban J connectivity index is 2.06. The van der Waals surface area contributed by atoms with E-state index in [9.17, 15) is 4.39 Å². The topological polar surface area (TPSA) is 0 Å². The van der Waals surface area contributed by atoms with Gasteiger partial charge in [0.2, 0.25) is 0 Å². The van der Waals surface area contributed by atoms with Crippen LogP contribution in [0.25, 0.3) is 11.1 Å². The third-order valence-corrected chi connectivity index (χ3v) is 3.52. The van der Waals surface area contributed by atoms with Crippen molar-refractivity contribution in [1.82, 2.24) is 0 Å². The minimum atomic E-state index is -0.228. The summed E-state index contributed by atoms with van der Waals surface area (Å²) in [5.41, 5.74) is 2.61. The molecule has 2 aromatic rings. The molecule has 1 saturated carbocycles. The predicted octanol–water partition coefficient (Wildman–Crippen LogP) is 5.02. The first-order valence-electron chi connectivity index (χ1n) is 5.80. The van der Waals surface area contributed by atoms with Crippen molar-refractivity contribution in [2.24, 2.45) is 0 Å². The van der Waals surface area contributed by atoms with E-state index in [0.29, 0.717) is 16.5 Å². The molecule has 0 N–H and O–H groups in total. The molecule has 0 bridgehead atoms. The van der Waals surface area contributed by atoms with Crippen LogP contribution in [0.1, 0.15) is 24.3 Å². The van der Waals surface area contributed by atoms with Crippen LogP contribution >= 0.6 is 11.6 Å². The first-order chi connectivity index (χ1) is 8.25. The van der Waals surface area contributed by atoms with Crippen LogP contribution in [0.2, 0.25) is 5.02 Å². The van der Waals surface area contributed by atoms with Crippen molar-refractivity contribution < 1.29 is 4.39 Å². The molecule has 0 atom stereocenters. The predicted molar refractivity (Wildman–Crippen MR) is 68.8 cm³/mol. The highest BCUT2D eigenvalue weighted by Gasteiger charge is 2.24. The van der Waals surface area contributed by atoms with Crippen molar-refractivity contribution in [2.45, 2.75) is 18.8 Å². The second-order valence-corrected chi connectivity index (χ2v) is 4.90. The molecule has 17 heavy (non-hydrogen) atoms. The van der Waals surface area contributed by atoms with E-state index in [4.69, 9.17) is 11.6 Å². The molecule has 2 aromatic carbocycles. The first-order valence-corrected chi connectivity index (χ1v) is 6.18. The lowest BCUT2D eigenvalue weighted by Crippen LogP contribution is -1.87. The van der Waals surface area contributed by atoms with Crippen LogP contribution in [0, 0.1) is 5.82 Å². The summed E-state index contributed by atoms with van der Waals surface area (Å²) in [6, 6.07) is 12.7. The molecule has 0 aliphatic heterocycles. The number of halogens is 2. The summed E-state index contributed by atoms with van der Waals surface area (Å²) in [7, 11) is 0. The first kappa shape index (κ1) is 10.8. The molecule has 2 heteroatoms. The molecule has 0 aromatic heterocycles. The van der Waals surface area contributed by atoms with E-state index in [1.54, 1.807) is 12.1 Å². The smallest absolute Gasteiger partial charge is 0.131 e. The van der Waals surface area contributed by atoms with Crippen LogP contribution < -0.4 is 0 Å². The van der Waals surface area contributed by atoms with Crippen LogP contribution in [0.4, 0.5) is 4.39 Å². The number of benzene rings is 2. The van der Waals surface area contributed by atoms with Gasteiger partial charge in [-0.05, 0) is 36.5 Å². The molecule has 86 valence electrons. The van der Waals surface area contributed by atoms with Crippen molar-refractivity contribution in [1.29, 1.82) is 0 Å². The maximum Gasteiger partial charge on any atom is 0.131 e. The number of hydrogen-bond donors (Lipinski definition) is 0. The van der Waals surface area contributed by atoms with E-state index in [0.717, 1.165) is 5.56 Å². The molecule has 1 aliphatic carbocycles. The zero-order chi connectivity index (χ0) is 11.8. The minimum Gasteiger partial charge on any atom is -0.206 e. The van der Waals surface area contributed by atoms with E-state index in [1.807, 2.05) is 18.2 Å². The Morgan fingerprint density at radius 1 is 1.00 bits per heavy atom. The van der Waals surface area contributed by atoms with Crippen LogP contribution in [0.15, 0.2) is 42.5 Å². The van der Waals surface area contributed by atoms with Crippen LogP contribution in [-0.2, 0) is 0 Å². The fraction of sp³-hybridized carbons (Fsp3) is 0.200. The summed E-state index contributed by atoms with van der Waals surface area (Å²) in [5.74, 6) is 0.441. The molecule has 0 heterocycles. The molecule has 0 spiro atoms. The monoisotopic (exact) mass is 246 g/mol. The summed E-state index contributed by atoms with van der Waals surface area (Å²) in [6.45, 7) is 0. The maximum atomic E-state index is 13.7. The van der Waals surface area contributed by atoms with Gasteiger partial charge in [0, 0.05) is 16.1 Å². The van der Waals surface area contributed by atoms with Gasteiger partial charge < -0.3 is 0 Å². The minimum absolute atomic E-state index is 0.228. The van der Waals surface area contributed by atoms with Gasteiger partial charge in [0.05, 0.1) is 0 Å². The van der Waals surface area contributed by atoms with E-state index >= 15 is 0 Å². The molecular weight excluding hydrogens is 235 g/mol. The highest BCUT2D eigenvalue weighted by Crippen LogP contribution is 2.42. The van der Waals surface area contributed by atoms with Gasteiger partial charge in [0.1, 0.15) is 5.82 Å². The van der Waals surface area contributed by atoms with Crippen molar-refractivity contribution in [2.75, 3.05) is 0 Å². The summed E-state index contributed by atoms with van der Waals surface area (Å²) >= 11 is 6.24. The lowest BCUT2D eigenvalue weighted by molar-refractivity contribution is 0.631. The fourth-order valence-corrected chi connectivity index (χ4v) is 2.39. The number of rotatable bonds is 2. The molecule has 1 fully saturated rings. The van der Waals surface area contributed by atoms with Gasteiger partial charge in [0.15, 0.2) is 0 Å². The Bertz CT molecular complexity index is 559. The van der Waals surface area contributed by atoms with Crippen LogP contribution in [-0.4, -0.2) is 0 Å². The lowest BCUT2D eigenvalue weighted by atomic mass is 10.0. The third kappa shape index (κ3) is 2.07. The zero-order valence-corrected chi connectivity index (χ0v) is 10.0. The van der Waals surface area contributed by atoms with Crippen molar-refractivity contribution in [3.05, 3.63) is 58.9 Å². The van der Waals surface area contributed by atoms with E-state index in [2.05, 4.69) is 6.07 Å². The second-order valence-electron chi connectivity index (χ2n) is 4.49. The van der Waals surface area contributed by atoms with Crippen molar-refractivity contribution in [3.63, 3.8) is 0 Å². The molecule has 0 amide bonds. The molecule has 3 rings (SSSR count). The normalized spacial score (nSPS) is 14.9. The number of hydrogen-bond acceptors (Lipinski definition) is 0. The molecule has 0 nitrogen and oxygen atoms in total. The highest BCUT2D eigenvalue weighted by molar-refractivity contribution is 6.33. The molecular formula is C15H12ClF. The van der Waals surface area contributed by atoms with Crippen molar-refractivity contribution >= 4 is 11.6 Å². The average molecular weight is 247 g/mol. The Morgan fingerprint density at radius 3 is 2.41 bits per heavy atom. The van der Waals surface area contributed by atoms with E-state index in [-0.39, 0.29) is 5.82 Å². The Labute approximate surface area is 105 Å². The van der Waals surface area contributed by atoms with E-state index in [1.165, 1.54) is 24.5 Å². The van der Waals surface area contributed by atoms with Gasteiger partial charge in [-0.1, -0.05) is 41.9 Å². The average Bonchev–Trinajstić information content (AvgIpc) is 3.14. The zero-order valence-electron chi connectivity index (χ0n) is 9.29. The maximum absolute atomic E-state index is 13.7. The van der Waals surface area contributed by atoms with Gasteiger partial charge in [-0.25, -0.2) is 4.39 Å². The van der Waals surface area contributed by atoms with Crippen LogP contribution in [0.5, 0.6) is 0 Å². The summed E-state index contributed by atoms with van der Waals surface area (Å²) < 4.78 is 13.7.